The molecule has 2 heteroatoms. The first kappa shape index (κ1) is 19.6. The lowest BCUT2D eigenvalue weighted by molar-refractivity contribution is 1.13. The van der Waals surface area contributed by atoms with Crippen molar-refractivity contribution in [3.8, 4) is 0 Å². The number of hydrogen-bond acceptors (Lipinski definition) is 0. The molecule has 0 atom stereocenters. The van der Waals surface area contributed by atoms with Crippen LogP contribution in [-0.2, 0) is 17.3 Å². The van der Waals surface area contributed by atoms with E-state index in [0.717, 1.165) is 6.42 Å². The molecule has 0 spiro atoms. The van der Waals surface area contributed by atoms with Gasteiger partial charge in [0.1, 0.15) is 0 Å². The third kappa shape index (κ3) is 5.14. The summed E-state index contributed by atoms with van der Waals surface area (Å²) in [5.41, 5.74) is 4.01. The van der Waals surface area contributed by atoms with Crippen LogP contribution >= 0.6 is 11.6 Å². The Balaban J connectivity index is 0.00000109. The fourth-order valence-corrected chi connectivity index (χ4v) is 4.66. The molecule has 0 amide bonds. The number of aryl methyl sites for hydroxylation is 3. The lowest BCUT2D eigenvalue weighted by atomic mass is 10.2. The summed E-state index contributed by atoms with van der Waals surface area (Å²) in [6, 6.07) is 27.0. The molecule has 0 aromatic heterocycles. The first-order valence-corrected chi connectivity index (χ1v) is 10.5. The van der Waals surface area contributed by atoms with Gasteiger partial charge in [-0.1, -0.05) is 54.4 Å². The summed E-state index contributed by atoms with van der Waals surface area (Å²) < 4.78 is 0. The molecule has 0 aliphatic rings. The molecular formula is C23H26ClS+. The van der Waals surface area contributed by atoms with E-state index in [4.69, 9.17) is 0 Å². The molecule has 3 aromatic carbocycles. The first-order valence-electron chi connectivity index (χ1n) is 8.52. The van der Waals surface area contributed by atoms with E-state index in [1.165, 1.54) is 37.8 Å². The standard InChI is InChI=1S/C22H23S.CH3Cl/c1-4-19-9-15-22(16-10-19)23(20-11-5-17(2)6-12-20)21-13-7-18(3)8-14-21;1-2/h5-16H,4H2,1-3H3;1H3/q+1;. The van der Waals surface area contributed by atoms with Crippen LogP contribution in [0.3, 0.4) is 0 Å². The molecule has 0 saturated heterocycles. The van der Waals surface area contributed by atoms with Gasteiger partial charge in [-0.2, -0.15) is 0 Å². The van der Waals surface area contributed by atoms with Crippen molar-refractivity contribution in [1.82, 2.24) is 0 Å². The molecule has 3 rings (SSSR count). The smallest absolute Gasteiger partial charge is 0.130 e. The first-order chi connectivity index (χ1) is 12.2. The Hall–Kier alpha value is -1.70. The molecule has 130 valence electrons. The van der Waals surface area contributed by atoms with Crippen LogP contribution in [0.4, 0.5) is 0 Å². The van der Waals surface area contributed by atoms with Gasteiger partial charge in [0.05, 0.1) is 10.9 Å². The van der Waals surface area contributed by atoms with Gasteiger partial charge in [-0.25, -0.2) is 0 Å². The van der Waals surface area contributed by atoms with Crippen LogP contribution in [-0.4, -0.2) is 6.38 Å². The Morgan fingerprint density at radius 1 is 0.600 bits per heavy atom. The van der Waals surface area contributed by atoms with Crippen molar-refractivity contribution in [2.75, 3.05) is 6.38 Å². The summed E-state index contributed by atoms with van der Waals surface area (Å²) >= 11 is 4.64. The van der Waals surface area contributed by atoms with Gasteiger partial charge in [0, 0.05) is 6.38 Å². The van der Waals surface area contributed by atoms with Crippen molar-refractivity contribution in [3.63, 3.8) is 0 Å². The molecule has 3 aromatic rings. The van der Waals surface area contributed by atoms with Crippen LogP contribution in [0.25, 0.3) is 0 Å². The summed E-state index contributed by atoms with van der Waals surface area (Å²) in [4.78, 5) is 4.14. The van der Waals surface area contributed by atoms with Crippen LogP contribution in [0.5, 0.6) is 0 Å². The van der Waals surface area contributed by atoms with Crippen molar-refractivity contribution < 1.29 is 0 Å². The molecule has 0 aliphatic carbocycles. The molecule has 0 bridgehead atoms. The van der Waals surface area contributed by atoms with E-state index >= 15 is 0 Å². The maximum absolute atomic E-state index is 4.64. The fraction of sp³-hybridized carbons (Fsp3) is 0.217. The number of hydrogen-bond donors (Lipinski definition) is 0. The van der Waals surface area contributed by atoms with Gasteiger partial charge in [-0.3, -0.25) is 0 Å². The van der Waals surface area contributed by atoms with E-state index in [1.807, 2.05) is 0 Å². The van der Waals surface area contributed by atoms with E-state index in [1.54, 1.807) is 0 Å². The predicted molar refractivity (Wildman–Crippen MR) is 112 cm³/mol. The Bertz CT molecular complexity index is 713. The van der Waals surface area contributed by atoms with Crippen molar-refractivity contribution >= 4 is 22.5 Å². The molecule has 0 heterocycles. The van der Waals surface area contributed by atoms with Gasteiger partial charge in [0.2, 0.25) is 0 Å². The summed E-state index contributed by atoms with van der Waals surface area (Å²) in [6.45, 7) is 6.49. The second kappa shape index (κ2) is 9.70. The molecular weight excluding hydrogens is 344 g/mol. The predicted octanol–water partition coefficient (Wildman–Crippen LogP) is 6.82. The Kier molecular flexibility index (Phi) is 7.61. The summed E-state index contributed by atoms with van der Waals surface area (Å²) in [6.07, 6.45) is 2.56. The maximum atomic E-state index is 4.64. The van der Waals surface area contributed by atoms with Crippen molar-refractivity contribution in [2.24, 2.45) is 0 Å². The highest BCUT2D eigenvalue weighted by Crippen LogP contribution is 2.31. The van der Waals surface area contributed by atoms with Crippen molar-refractivity contribution in [1.29, 1.82) is 0 Å². The molecule has 0 N–H and O–H groups in total. The largest absolute Gasteiger partial charge is 0.166 e. The van der Waals surface area contributed by atoms with Crippen molar-refractivity contribution in [2.45, 2.75) is 41.9 Å². The number of alkyl halides is 1. The third-order valence-corrected chi connectivity index (χ3v) is 6.31. The number of rotatable bonds is 4. The average molecular weight is 370 g/mol. The van der Waals surface area contributed by atoms with Crippen LogP contribution < -0.4 is 0 Å². The monoisotopic (exact) mass is 369 g/mol. The molecule has 0 radical (unpaired) electrons. The SMILES string of the molecule is CCc1ccc([S+](c2ccc(C)cc2)c2ccc(C)cc2)cc1.CCl. The Morgan fingerprint density at radius 3 is 1.24 bits per heavy atom. The Morgan fingerprint density at radius 2 is 0.920 bits per heavy atom. The van der Waals surface area contributed by atoms with Gasteiger partial charge in [-0.15, -0.1) is 11.6 Å². The molecule has 0 saturated carbocycles. The lowest BCUT2D eigenvalue weighted by Crippen LogP contribution is -2.05. The Labute approximate surface area is 160 Å². The topological polar surface area (TPSA) is 0 Å². The van der Waals surface area contributed by atoms with Gasteiger partial charge >= 0.3 is 0 Å². The highest BCUT2D eigenvalue weighted by molar-refractivity contribution is 7.97. The van der Waals surface area contributed by atoms with E-state index in [0.29, 0.717) is 0 Å². The van der Waals surface area contributed by atoms with E-state index in [9.17, 15) is 0 Å². The van der Waals surface area contributed by atoms with Gasteiger partial charge in [0.25, 0.3) is 0 Å². The second-order valence-electron chi connectivity index (χ2n) is 5.93. The zero-order valence-electron chi connectivity index (χ0n) is 15.4. The minimum absolute atomic E-state index is 0.0414. The zero-order chi connectivity index (χ0) is 18.2. The number of halogens is 1. The minimum Gasteiger partial charge on any atom is -0.130 e. The molecule has 0 nitrogen and oxygen atoms in total. The van der Waals surface area contributed by atoms with Crippen LogP contribution in [0.2, 0.25) is 0 Å². The van der Waals surface area contributed by atoms with Crippen molar-refractivity contribution in [3.05, 3.63) is 89.5 Å². The summed E-state index contributed by atoms with van der Waals surface area (Å²) in [5.74, 6) is 0. The van der Waals surface area contributed by atoms with E-state index < -0.39 is 0 Å². The zero-order valence-corrected chi connectivity index (χ0v) is 17.0. The van der Waals surface area contributed by atoms with Gasteiger partial charge in [-0.05, 0) is 62.2 Å². The lowest BCUT2D eigenvalue weighted by Gasteiger charge is -2.09. The summed E-state index contributed by atoms with van der Waals surface area (Å²) in [7, 11) is -0.0414. The van der Waals surface area contributed by atoms with E-state index in [2.05, 4.69) is 105 Å². The summed E-state index contributed by atoms with van der Waals surface area (Å²) in [5, 5.41) is 0. The minimum atomic E-state index is -0.0414. The highest BCUT2D eigenvalue weighted by atomic mass is 35.5. The maximum Gasteiger partial charge on any atom is 0.166 e. The molecule has 0 fully saturated rings. The quantitative estimate of drug-likeness (QED) is 0.349. The highest BCUT2D eigenvalue weighted by Gasteiger charge is 2.28. The third-order valence-electron chi connectivity index (χ3n) is 4.08. The van der Waals surface area contributed by atoms with Crippen LogP contribution in [0, 0.1) is 13.8 Å². The average Bonchev–Trinajstić information content (AvgIpc) is 2.67. The van der Waals surface area contributed by atoms with Crippen LogP contribution in [0.15, 0.2) is 87.5 Å². The van der Waals surface area contributed by atoms with Crippen LogP contribution in [0.1, 0.15) is 23.6 Å². The normalized spacial score (nSPS) is 10.3. The van der Waals surface area contributed by atoms with Gasteiger partial charge in [0.15, 0.2) is 14.7 Å². The molecule has 0 aliphatic heterocycles. The molecule has 0 unspecified atom stereocenters. The number of benzene rings is 3. The van der Waals surface area contributed by atoms with E-state index in [-0.39, 0.29) is 10.9 Å². The fourth-order valence-electron chi connectivity index (χ4n) is 2.62. The van der Waals surface area contributed by atoms with Gasteiger partial charge < -0.3 is 0 Å². The second-order valence-corrected chi connectivity index (χ2v) is 7.96. The molecule has 25 heavy (non-hydrogen) atoms.